The van der Waals surface area contributed by atoms with Crippen LogP contribution in [0.2, 0.25) is 0 Å². The topological polar surface area (TPSA) is 38.7 Å². The molecule has 0 aromatic heterocycles. The highest BCUT2D eigenvalue weighted by atomic mass is 16.5. The van der Waals surface area contributed by atoms with Gasteiger partial charge in [0.05, 0.1) is 23.4 Å². The Hall–Kier alpha value is -2.62. The summed E-state index contributed by atoms with van der Waals surface area (Å²) < 4.78 is 13.5. The molecule has 3 nitrogen and oxygen atoms in total. The summed E-state index contributed by atoms with van der Waals surface area (Å²) in [6, 6.07) is 26.8. The van der Waals surface area contributed by atoms with Gasteiger partial charge in [0.1, 0.15) is 5.75 Å². The Morgan fingerprint density at radius 3 is 1.54 bits per heavy atom. The highest BCUT2D eigenvalue weighted by Gasteiger charge is 2.30. The Balaban J connectivity index is 1.80. The van der Waals surface area contributed by atoms with E-state index in [1.165, 1.54) is 11.1 Å². The van der Waals surface area contributed by atoms with E-state index in [2.05, 4.69) is 96.1 Å². The third kappa shape index (κ3) is 8.72. The predicted octanol–water partition coefficient (Wildman–Crippen LogP) is 9.15. The molecule has 3 aromatic rings. The maximum atomic E-state index is 11.0. The standard InChI is InChI=1S/C34H46O3/c1-7-16-31(26-18-11-9-12-19-26)36-33(3,4)24-28-22-15-23-30(35)29(28)25-34(5,6)37-32(17-8-2)27-20-13-10-14-21-27/h9-15,18-23,31-32,35H,7-8,16-17,24-25H2,1-6H3. The molecule has 0 radical (unpaired) electrons. The van der Waals surface area contributed by atoms with E-state index in [0.717, 1.165) is 36.8 Å². The molecule has 0 saturated heterocycles. The monoisotopic (exact) mass is 502 g/mol. The van der Waals surface area contributed by atoms with E-state index < -0.39 is 11.2 Å². The second-order valence-corrected chi connectivity index (χ2v) is 11.4. The Morgan fingerprint density at radius 1 is 0.622 bits per heavy atom. The quantitative estimate of drug-likeness (QED) is 0.239. The van der Waals surface area contributed by atoms with Crippen molar-refractivity contribution in [1.82, 2.24) is 0 Å². The Morgan fingerprint density at radius 2 is 1.08 bits per heavy atom. The zero-order valence-corrected chi connectivity index (χ0v) is 23.7. The maximum Gasteiger partial charge on any atom is 0.119 e. The van der Waals surface area contributed by atoms with Crippen LogP contribution in [0, 0.1) is 0 Å². The number of benzene rings is 3. The summed E-state index contributed by atoms with van der Waals surface area (Å²) in [5, 5.41) is 11.0. The van der Waals surface area contributed by atoms with Gasteiger partial charge in [0.2, 0.25) is 0 Å². The molecule has 37 heavy (non-hydrogen) atoms. The first-order valence-corrected chi connectivity index (χ1v) is 13.9. The van der Waals surface area contributed by atoms with E-state index in [4.69, 9.17) is 9.47 Å². The van der Waals surface area contributed by atoms with Crippen LogP contribution < -0.4 is 0 Å². The summed E-state index contributed by atoms with van der Waals surface area (Å²) in [6.45, 7) is 13.0. The second-order valence-electron chi connectivity index (χ2n) is 11.4. The van der Waals surface area contributed by atoms with Crippen molar-refractivity contribution in [2.75, 3.05) is 0 Å². The van der Waals surface area contributed by atoms with Gasteiger partial charge in [-0.1, -0.05) is 99.5 Å². The highest BCUT2D eigenvalue weighted by molar-refractivity contribution is 5.41. The molecule has 2 atom stereocenters. The SMILES string of the molecule is CCCC(OC(C)(C)Cc1cccc(O)c1CC(C)(C)OC(CCC)c1ccccc1)c1ccccc1. The molecule has 0 aliphatic carbocycles. The van der Waals surface area contributed by atoms with Crippen molar-refractivity contribution in [3.63, 3.8) is 0 Å². The molecular formula is C34H46O3. The second kappa shape index (κ2) is 13.3. The van der Waals surface area contributed by atoms with Crippen molar-refractivity contribution >= 4 is 0 Å². The number of rotatable bonds is 14. The molecule has 3 heteroatoms. The summed E-state index contributed by atoms with van der Waals surface area (Å²) in [5.74, 6) is 0.324. The minimum atomic E-state index is -0.455. The number of hydrogen-bond donors (Lipinski definition) is 1. The van der Waals surface area contributed by atoms with E-state index in [1.54, 1.807) is 6.07 Å². The van der Waals surface area contributed by atoms with Gasteiger partial charge in [0.25, 0.3) is 0 Å². The Bertz CT molecular complexity index is 1070. The Kier molecular flexibility index (Phi) is 10.4. The zero-order valence-electron chi connectivity index (χ0n) is 23.7. The molecule has 0 aliphatic heterocycles. The summed E-state index contributed by atoms with van der Waals surface area (Å²) in [4.78, 5) is 0. The van der Waals surface area contributed by atoms with Gasteiger partial charge in [0.15, 0.2) is 0 Å². The number of aromatic hydroxyl groups is 1. The minimum absolute atomic E-state index is 0.0240. The number of phenolic OH excluding ortho intramolecular Hbond substituents is 1. The van der Waals surface area contributed by atoms with Crippen molar-refractivity contribution in [3.05, 3.63) is 101 Å². The average molecular weight is 503 g/mol. The van der Waals surface area contributed by atoms with Crippen LogP contribution in [0.25, 0.3) is 0 Å². The summed E-state index contributed by atoms with van der Waals surface area (Å²) >= 11 is 0. The fourth-order valence-corrected chi connectivity index (χ4v) is 5.18. The first kappa shape index (κ1) is 28.9. The van der Waals surface area contributed by atoms with Crippen molar-refractivity contribution in [2.24, 2.45) is 0 Å². The van der Waals surface area contributed by atoms with Crippen molar-refractivity contribution < 1.29 is 14.6 Å². The van der Waals surface area contributed by atoms with Crippen LogP contribution in [0.4, 0.5) is 0 Å². The van der Waals surface area contributed by atoms with E-state index in [0.29, 0.717) is 18.6 Å². The van der Waals surface area contributed by atoms with Crippen LogP contribution >= 0.6 is 0 Å². The summed E-state index contributed by atoms with van der Waals surface area (Å²) in [7, 11) is 0. The number of phenols is 1. The first-order valence-electron chi connectivity index (χ1n) is 13.9. The fraction of sp³-hybridized carbons (Fsp3) is 0.471. The Labute approximate surface area is 224 Å². The van der Waals surface area contributed by atoms with Crippen LogP contribution in [0.15, 0.2) is 78.9 Å². The van der Waals surface area contributed by atoms with E-state index in [-0.39, 0.29) is 12.2 Å². The van der Waals surface area contributed by atoms with E-state index in [1.807, 2.05) is 18.2 Å². The predicted molar refractivity (Wildman–Crippen MR) is 154 cm³/mol. The molecule has 0 amide bonds. The molecular weight excluding hydrogens is 456 g/mol. The normalized spacial score (nSPS) is 13.9. The first-order chi connectivity index (χ1) is 17.6. The molecule has 3 rings (SSSR count). The molecule has 0 spiro atoms. The average Bonchev–Trinajstić information content (AvgIpc) is 2.86. The van der Waals surface area contributed by atoms with Gasteiger partial charge in [-0.25, -0.2) is 0 Å². The summed E-state index contributed by atoms with van der Waals surface area (Å²) in [5.41, 5.74) is 3.61. The molecule has 0 fully saturated rings. The third-order valence-electron chi connectivity index (χ3n) is 6.83. The summed E-state index contributed by atoms with van der Waals surface area (Å²) in [6.07, 6.45) is 5.42. The van der Waals surface area contributed by atoms with Gasteiger partial charge in [-0.2, -0.15) is 0 Å². The van der Waals surface area contributed by atoms with Gasteiger partial charge in [-0.15, -0.1) is 0 Å². The van der Waals surface area contributed by atoms with Gasteiger partial charge < -0.3 is 14.6 Å². The zero-order chi connectivity index (χ0) is 26.9. The largest absolute Gasteiger partial charge is 0.508 e. The molecule has 3 aromatic carbocycles. The van der Waals surface area contributed by atoms with Gasteiger partial charge in [0, 0.05) is 12.8 Å². The number of hydrogen-bond acceptors (Lipinski definition) is 3. The molecule has 0 heterocycles. The van der Waals surface area contributed by atoms with Gasteiger partial charge >= 0.3 is 0 Å². The van der Waals surface area contributed by atoms with Crippen LogP contribution in [-0.4, -0.2) is 16.3 Å². The molecule has 200 valence electrons. The van der Waals surface area contributed by atoms with Crippen molar-refractivity contribution in [1.29, 1.82) is 0 Å². The lowest BCUT2D eigenvalue weighted by Gasteiger charge is -2.34. The molecule has 2 unspecified atom stereocenters. The highest BCUT2D eigenvalue weighted by Crippen LogP contribution is 2.36. The molecule has 0 bridgehead atoms. The van der Waals surface area contributed by atoms with Gasteiger partial charge in [-0.3, -0.25) is 0 Å². The fourth-order valence-electron chi connectivity index (χ4n) is 5.18. The lowest BCUT2D eigenvalue weighted by molar-refractivity contribution is -0.0800. The third-order valence-corrected chi connectivity index (χ3v) is 6.83. The minimum Gasteiger partial charge on any atom is -0.508 e. The van der Waals surface area contributed by atoms with E-state index in [9.17, 15) is 5.11 Å². The lowest BCUT2D eigenvalue weighted by atomic mass is 9.88. The van der Waals surface area contributed by atoms with Crippen molar-refractivity contribution in [3.8, 4) is 5.75 Å². The van der Waals surface area contributed by atoms with Crippen molar-refractivity contribution in [2.45, 2.75) is 103 Å². The van der Waals surface area contributed by atoms with Crippen LogP contribution in [0.5, 0.6) is 5.75 Å². The lowest BCUT2D eigenvalue weighted by Crippen LogP contribution is -2.32. The molecule has 0 saturated carbocycles. The smallest absolute Gasteiger partial charge is 0.119 e. The maximum absolute atomic E-state index is 11.0. The molecule has 1 N–H and O–H groups in total. The number of ether oxygens (including phenoxy) is 2. The van der Waals surface area contributed by atoms with Crippen LogP contribution in [-0.2, 0) is 22.3 Å². The van der Waals surface area contributed by atoms with Crippen LogP contribution in [0.3, 0.4) is 0 Å². The van der Waals surface area contributed by atoms with Gasteiger partial charge in [-0.05, 0) is 68.9 Å². The van der Waals surface area contributed by atoms with Crippen LogP contribution in [0.1, 0.15) is 102 Å². The van der Waals surface area contributed by atoms with E-state index >= 15 is 0 Å². The molecule has 0 aliphatic rings.